The number of carbonyl (C=O) groups is 1. The minimum atomic E-state index is -0.136. The maximum Gasteiger partial charge on any atom is 0.326 e. The average Bonchev–Trinajstić information content (AvgIpc) is 2.82. The highest BCUT2D eigenvalue weighted by atomic mass is 16.5. The molecule has 3 rings (SSSR count). The van der Waals surface area contributed by atoms with E-state index in [4.69, 9.17) is 4.74 Å². The molecular formula is C30H38N2O2. The summed E-state index contributed by atoms with van der Waals surface area (Å²) in [7, 11) is 1.66. The zero-order valence-corrected chi connectivity index (χ0v) is 21.6. The van der Waals surface area contributed by atoms with Gasteiger partial charge in [-0.25, -0.2) is 4.79 Å². The van der Waals surface area contributed by atoms with Crippen LogP contribution < -0.4 is 15.0 Å². The smallest absolute Gasteiger partial charge is 0.326 e. The van der Waals surface area contributed by atoms with Crippen LogP contribution in [0.25, 0.3) is 0 Å². The molecule has 0 saturated carbocycles. The third kappa shape index (κ3) is 5.99. The summed E-state index contributed by atoms with van der Waals surface area (Å²) in [5.41, 5.74) is 6.38. The van der Waals surface area contributed by atoms with E-state index in [1.807, 2.05) is 41.3 Å². The van der Waals surface area contributed by atoms with Crippen molar-refractivity contribution in [3.63, 3.8) is 0 Å². The predicted molar refractivity (Wildman–Crippen MR) is 143 cm³/mol. The van der Waals surface area contributed by atoms with Gasteiger partial charge in [0.2, 0.25) is 0 Å². The standard InChI is InChI=1S/C30H38N2O2/c1-20(2)24-13-15-25(16-14-24)32(19-23-11-17-26(34-7)18-12-23)30(33)31-29-27(21(3)4)9-8-10-28(29)22(5)6/h8-18,20-22H,19H2,1-7H3,(H,31,33). The normalized spacial score (nSPS) is 11.2. The molecule has 0 atom stereocenters. The summed E-state index contributed by atoms with van der Waals surface area (Å²) in [6.07, 6.45) is 0. The van der Waals surface area contributed by atoms with E-state index in [1.54, 1.807) is 7.11 Å². The van der Waals surface area contributed by atoms with Gasteiger partial charge in [0.05, 0.1) is 13.7 Å². The molecule has 34 heavy (non-hydrogen) atoms. The van der Waals surface area contributed by atoms with Crippen molar-refractivity contribution in [2.75, 3.05) is 17.3 Å². The third-order valence-electron chi connectivity index (χ3n) is 6.22. The number of benzene rings is 3. The topological polar surface area (TPSA) is 41.6 Å². The molecule has 0 saturated heterocycles. The lowest BCUT2D eigenvalue weighted by molar-refractivity contribution is 0.256. The van der Waals surface area contributed by atoms with Gasteiger partial charge >= 0.3 is 6.03 Å². The summed E-state index contributed by atoms with van der Waals surface area (Å²) in [5, 5.41) is 3.28. The lowest BCUT2D eigenvalue weighted by atomic mass is 9.92. The third-order valence-corrected chi connectivity index (χ3v) is 6.22. The Morgan fingerprint density at radius 2 is 1.35 bits per heavy atom. The number of hydrogen-bond acceptors (Lipinski definition) is 2. The van der Waals surface area contributed by atoms with E-state index < -0.39 is 0 Å². The number of nitrogens with one attached hydrogen (secondary N) is 1. The van der Waals surface area contributed by atoms with Crippen molar-refractivity contribution in [3.05, 3.63) is 89.0 Å². The van der Waals surface area contributed by atoms with Gasteiger partial charge in [-0.2, -0.15) is 0 Å². The van der Waals surface area contributed by atoms with Crippen LogP contribution in [0.5, 0.6) is 5.75 Å². The second-order valence-corrected chi connectivity index (χ2v) is 9.73. The zero-order valence-electron chi connectivity index (χ0n) is 21.6. The fourth-order valence-corrected chi connectivity index (χ4v) is 4.10. The van der Waals surface area contributed by atoms with Gasteiger partial charge in [-0.05, 0) is 64.3 Å². The van der Waals surface area contributed by atoms with Gasteiger partial charge in [-0.3, -0.25) is 4.90 Å². The largest absolute Gasteiger partial charge is 0.497 e. The molecule has 0 spiro atoms. The van der Waals surface area contributed by atoms with E-state index in [9.17, 15) is 4.79 Å². The first-order valence-electron chi connectivity index (χ1n) is 12.2. The van der Waals surface area contributed by atoms with Crippen LogP contribution in [0.2, 0.25) is 0 Å². The van der Waals surface area contributed by atoms with Crippen LogP contribution in [0, 0.1) is 0 Å². The SMILES string of the molecule is COc1ccc(CN(C(=O)Nc2c(C(C)C)cccc2C(C)C)c2ccc(C(C)C)cc2)cc1. The second-order valence-electron chi connectivity index (χ2n) is 9.73. The lowest BCUT2D eigenvalue weighted by Crippen LogP contribution is -2.35. The number of carbonyl (C=O) groups excluding carboxylic acids is 1. The number of methoxy groups -OCH3 is 1. The molecular weight excluding hydrogens is 420 g/mol. The number of nitrogens with zero attached hydrogens (tertiary/aromatic N) is 1. The molecule has 0 aliphatic heterocycles. The van der Waals surface area contributed by atoms with Crippen LogP contribution in [0.1, 0.15) is 81.5 Å². The van der Waals surface area contributed by atoms with Gasteiger partial charge in [0.1, 0.15) is 5.75 Å². The number of ether oxygens (including phenoxy) is 1. The number of urea groups is 1. The van der Waals surface area contributed by atoms with Gasteiger partial charge in [0.15, 0.2) is 0 Å². The molecule has 180 valence electrons. The molecule has 0 fully saturated rings. The van der Waals surface area contributed by atoms with Crippen molar-refractivity contribution in [2.24, 2.45) is 0 Å². The van der Waals surface area contributed by atoms with Crippen molar-refractivity contribution in [2.45, 2.75) is 65.8 Å². The molecule has 3 aromatic rings. The highest BCUT2D eigenvalue weighted by Crippen LogP contribution is 2.33. The van der Waals surface area contributed by atoms with Crippen LogP contribution >= 0.6 is 0 Å². The van der Waals surface area contributed by atoms with E-state index in [1.165, 1.54) is 5.56 Å². The van der Waals surface area contributed by atoms with E-state index in [0.717, 1.165) is 33.8 Å². The second kappa shape index (κ2) is 11.2. The maximum absolute atomic E-state index is 13.8. The molecule has 4 nitrogen and oxygen atoms in total. The summed E-state index contributed by atoms with van der Waals surface area (Å²) in [5.74, 6) is 1.83. The van der Waals surface area contributed by atoms with Gasteiger partial charge in [-0.1, -0.05) is 84.0 Å². The molecule has 1 N–H and O–H groups in total. The molecule has 0 unspecified atom stereocenters. The molecule has 0 bridgehead atoms. The van der Waals surface area contributed by atoms with Crippen molar-refractivity contribution in [1.29, 1.82) is 0 Å². The van der Waals surface area contributed by atoms with E-state index in [2.05, 4.69) is 77.2 Å². The fraction of sp³-hybridized carbons (Fsp3) is 0.367. The number of para-hydroxylation sites is 1. The minimum absolute atomic E-state index is 0.136. The summed E-state index contributed by atoms with van der Waals surface area (Å²) >= 11 is 0. The zero-order chi connectivity index (χ0) is 24.8. The molecule has 0 heterocycles. The van der Waals surface area contributed by atoms with Crippen molar-refractivity contribution in [1.82, 2.24) is 0 Å². The van der Waals surface area contributed by atoms with Gasteiger partial charge in [0.25, 0.3) is 0 Å². The molecule has 0 aliphatic carbocycles. The minimum Gasteiger partial charge on any atom is -0.497 e. The van der Waals surface area contributed by atoms with Crippen LogP contribution in [-0.4, -0.2) is 13.1 Å². The van der Waals surface area contributed by atoms with Gasteiger partial charge in [0, 0.05) is 11.4 Å². The molecule has 2 amide bonds. The summed E-state index contributed by atoms with van der Waals surface area (Å²) in [4.78, 5) is 15.6. The lowest BCUT2D eigenvalue weighted by Gasteiger charge is -2.27. The monoisotopic (exact) mass is 458 g/mol. The van der Waals surface area contributed by atoms with Gasteiger partial charge in [-0.15, -0.1) is 0 Å². The Labute approximate surface area is 205 Å². The van der Waals surface area contributed by atoms with Crippen molar-refractivity contribution < 1.29 is 9.53 Å². The van der Waals surface area contributed by atoms with E-state index in [0.29, 0.717) is 24.3 Å². The van der Waals surface area contributed by atoms with E-state index in [-0.39, 0.29) is 6.03 Å². The quantitative estimate of drug-likeness (QED) is 0.369. The van der Waals surface area contributed by atoms with Crippen LogP contribution in [0.15, 0.2) is 66.7 Å². The number of amides is 2. The average molecular weight is 459 g/mol. The Bertz CT molecular complexity index is 1060. The van der Waals surface area contributed by atoms with Crippen LogP contribution in [0.4, 0.5) is 16.2 Å². The predicted octanol–water partition coefficient (Wildman–Crippen LogP) is 8.30. The Balaban J connectivity index is 1.99. The molecule has 3 aromatic carbocycles. The Morgan fingerprint density at radius 3 is 1.82 bits per heavy atom. The number of anilines is 2. The fourth-order valence-electron chi connectivity index (χ4n) is 4.10. The highest BCUT2D eigenvalue weighted by Gasteiger charge is 2.21. The molecule has 0 aromatic heterocycles. The summed E-state index contributed by atoms with van der Waals surface area (Å²) < 4.78 is 5.30. The van der Waals surface area contributed by atoms with E-state index >= 15 is 0 Å². The Morgan fingerprint density at radius 1 is 0.794 bits per heavy atom. The molecule has 0 aliphatic rings. The van der Waals surface area contributed by atoms with Crippen molar-refractivity contribution >= 4 is 17.4 Å². The van der Waals surface area contributed by atoms with Gasteiger partial charge < -0.3 is 10.1 Å². The summed E-state index contributed by atoms with van der Waals surface area (Å²) in [6, 6.07) is 22.3. The first kappa shape index (κ1) is 25.4. The Kier molecular flexibility index (Phi) is 8.38. The molecule has 0 radical (unpaired) electrons. The maximum atomic E-state index is 13.8. The first-order valence-corrected chi connectivity index (χ1v) is 12.2. The highest BCUT2D eigenvalue weighted by molar-refractivity contribution is 6.02. The Hall–Kier alpha value is -3.27. The van der Waals surface area contributed by atoms with Crippen LogP contribution in [-0.2, 0) is 6.54 Å². The van der Waals surface area contributed by atoms with Crippen molar-refractivity contribution in [3.8, 4) is 5.75 Å². The number of rotatable bonds is 8. The first-order chi connectivity index (χ1) is 16.2. The van der Waals surface area contributed by atoms with Crippen LogP contribution in [0.3, 0.4) is 0 Å². The number of hydrogen-bond donors (Lipinski definition) is 1. The molecule has 4 heteroatoms. The summed E-state index contributed by atoms with van der Waals surface area (Å²) in [6.45, 7) is 13.4.